The van der Waals surface area contributed by atoms with E-state index in [2.05, 4.69) is 5.32 Å². The molecule has 0 heterocycles. The Hall–Kier alpha value is -1.06. The van der Waals surface area contributed by atoms with Crippen molar-refractivity contribution in [1.29, 1.82) is 0 Å². The Bertz CT molecular complexity index is 91.3. The summed E-state index contributed by atoms with van der Waals surface area (Å²) in [5, 5.41) is 10.2. The highest BCUT2D eigenvalue weighted by Gasteiger charge is 1.91. The number of rotatable bonds is 4. The lowest BCUT2D eigenvalue weighted by Gasteiger charge is -1.89. The lowest BCUT2D eigenvalue weighted by Crippen LogP contribution is -2.15. The first-order chi connectivity index (χ1) is 3.77. The molecule has 0 saturated carbocycles. The van der Waals surface area contributed by atoms with Crippen molar-refractivity contribution in [1.82, 2.24) is 5.32 Å². The van der Waals surface area contributed by atoms with Crippen LogP contribution in [0.15, 0.2) is 0 Å². The third-order valence-electron chi connectivity index (χ3n) is 0.567. The number of hydrogen-bond acceptors (Lipinski definition) is 2. The molecule has 0 aliphatic rings. The molecule has 0 atom stereocenters. The van der Waals surface area contributed by atoms with Crippen molar-refractivity contribution in [3.8, 4) is 0 Å². The van der Waals surface area contributed by atoms with Crippen molar-refractivity contribution in [3.05, 3.63) is 0 Å². The van der Waals surface area contributed by atoms with E-state index in [4.69, 9.17) is 5.11 Å². The zero-order valence-electron chi connectivity index (χ0n) is 4.26. The highest BCUT2D eigenvalue weighted by molar-refractivity contribution is 5.67. The fourth-order valence-electron chi connectivity index (χ4n) is 0.238. The van der Waals surface area contributed by atoms with Crippen LogP contribution in [-0.2, 0) is 9.59 Å². The second kappa shape index (κ2) is 4.11. The topological polar surface area (TPSA) is 66.4 Å². The lowest BCUT2D eigenvalue weighted by atomic mass is 10.4. The van der Waals surface area contributed by atoms with Gasteiger partial charge in [-0.2, -0.15) is 0 Å². The number of hydrogen-bond donors (Lipinski definition) is 2. The van der Waals surface area contributed by atoms with E-state index in [9.17, 15) is 9.59 Å². The maximum absolute atomic E-state index is 9.72. The summed E-state index contributed by atoms with van der Waals surface area (Å²) < 4.78 is 0. The van der Waals surface area contributed by atoms with Crippen LogP contribution in [-0.4, -0.2) is 24.0 Å². The minimum Gasteiger partial charge on any atom is -0.481 e. The molecule has 0 bridgehead atoms. The third kappa shape index (κ3) is 4.94. The molecule has 0 aliphatic carbocycles. The van der Waals surface area contributed by atoms with Crippen molar-refractivity contribution in [2.24, 2.45) is 0 Å². The summed E-state index contributed by atoms with van der Waals surface area (Å²) >= 11 is 0. The molecular formula is C4H7NO3. The van der Waals surface area contributed by atoms with Gasteiger partial charge >= 0.3 is 5.97 Å². The molecule has 2 N–H and O–H groups in total. The quantitative estimate of drug-likeness (QED) is 0.374. The van der Waals surface area contributed by atoms with Gasteiger partial charge in [-0.3, -0.25) is 9.59 Å². The second-order valence-corrected chi connectivity index (χ2v) is 1.22. The van der Waals surface area contributed by atoms with E-state index >= 15 is 0 Å². The van der Waals surface area contributed by atoms with E-state index in [1.165, 1.54) is 0 Å². The molecule has 8 heavy (non-hydrogen) atoms. The van der Waals surface area contributed by atoms with Crippen LogP contribution in [0.3, 0.4) is 0 Å². The minimum atomic E-state index is -0.903. The summed E-state index contributed by atoms with van der Waals surface area (Å²) in [4.78, 5) is 19.2. The number of carboxylic acids is 1. The van der Waals surface area contributed by atoms with Gasteiger partial charge in [0.05, 0.1) is 6.42 Å². The van der Waals surface area contributed by atoms with Gasteiger partial charge in [0.15, 0.2) is 0 Å². The van der Waals surface area contributed by atoms with E-state index in [1.807, 2.05) is 0 Å². The number of amides is 1. The molecule has 0 aliphatic heterocycles. The second-order valence-electron chi connectivity index (χ2n) is 1.22. The predicted molar refractivity (Wildman–Crippen MR) is 26.3 cm³/mol. The highest BCUT2D eigenvalue weighted by Crippen LogP contribution is 1.71. The smallest absolute Gasteiger partial charge is 0.305 e. The molecule has 0 radical (unpaired) electrons. The molecule has 0 unspecified atom stereocenters. The molecule has 0 spiro atoms. The van der Waals surface area contributed by atoms with Gasteiger partial charge < -0.3 is 10.4 Å². The van der Waals surface area contributed by atoms with Crippen LogP contribution in [0.25, 0.3) is 0 Å². The van der Waals surface area contributed by atoms with Gasteiger partial charge in [0.2, 0.25) is 6.41 Å². The Kier molecular flexibility index (Phi) is 3.56. The third-order valence-corrected chi connectivity index (χ3v) is 0.567. The SMILES string of the molecule is O=CNCCC(=O)O. The molecule has 4 heteroatoms. The van der Waals surface area contributed by atoms with Crippen LogP contribution in [0.1, 0.15) is 6.42 Å². The van der Waals surface area contributed by atoms with E-state index in [1.54, 1.807) is 0 Å². The highest BCUT2D eigenvalue weighted by atomic mass is 16.4. The van der Waals surface area contributed by atoms with Crippen molar-refractivity contribution < 1.29 is 14.7 Å². The first-order valence-electron chi connectivity index (χ1n) is 2.16. The Balaban J connectivity index is 2.93. The maximum Gasteiger partial charge on any atom is 0.305 e. The van der Waals surface area contributed by atoms with E-state index in [-0.39, 0.29) is 13.0 Å². The van der Waals surface area contributed by atoms with Crippen molar-refractivity contribution in [2.45, 2.75) is 6.42 Å². The van der Waals surface area contributed by atoms with E-state index in [0.717, 1.165) is 0 Å². The molecule has 0 rings (SSSR count). The van der Waals surface area contributed by atoms with Crippen molar-refractivity contribution >= 4 is 12.4 Å². The predicted octanol–water partition coefficient (Wildman–Crippen LogP) is -0.793. The first-order valence-corrected chi connectivity index (χ1v) is 2.16. The zero-order chi connectivity index (χ0) is 6.41. The summed E-state index contributed by atoms with van der Waals surface area (Å²) in [7, 11) is 0. The number of carboxylic acid groups (broad SMARTS) is 1. The van der Waals surface area contributed by atoms with Crippen LogP contribution in [0.2, 0.25) is 0 Å². The average Bonchev–Trinajstić information content (AvgIpc) is 1.66. The van der Waals surface area contributed by atoms with Crippen molar-refractivity contribution in [2.75, 3.05) is 6.54 Å². The summed E-state index contributed by atoms with van der Waals surface area (Å²) in [5.41, 5.74) is 0. The summed E-state index contributed by atoms with van der Waals surface area (Å²) in [6.45, 7) is 0.207. The van der Waals surface area contributed by atoms with Gasteiger partial charge in [0.1, 0.15) is 0 Å². The van der Waals surface area contributed by atoms with Crippen LogP contribution in [0.4, 0.5) is 0 Å². The molecule has 0 aromatic carbocycles. The fourth-order valence-corrected chi connectivity index (χ4v) is 0.238. The van der Waals surface area contributed by atoms with Gasteiger partial charge in [0.25, 0.3) is 0 Å². The Morgan fingerprint density at radius 2 is 2.38 bits per heavy atom. The summed E-state index contributed by atoms with van der Waals surface area (Å²) in [5.74, 6) is -0.903. The molecule has 0 saturated heterocycles. The largest absolute Gasteiger partial charge is 0.481 e. The van der Waals surface area contributed by atoms with Gasteiger partial charge in [-0.1, -0.05) is 0 Å². The molecular weight excluding hydrogens is 110 g/mol. The van der Waals surface area contributed by atoms with Crippen LogP contribution < -0.4 is 5.32 Å². The average molecular weight is 117 g/mol. The van der Waals surface area contributed by atoms with Crippen molar-refractivity contribution in [3.63, 3.8) is 0 Å². The number of carbonyl (C=O) groups excluding carboxylic acids is 1. The molecule has 0 aromatic heterocycles. The standard InChI is InChI=1S/C4H7NO3/c6-3-5-2-1-4(7)8/h3H,1-2H2,(H,5,6)(H,7,8). The Labute approximate surface area is 46.5 Å². The summed E-state index contributed by atoms with van der Waals surface area (Å²) in [6, 6.07) is 0. The van der Waals surface area contributed by atoms with E-state index in [0.29, 0.717) is 6.41 Å². The molecule has 1 amide bonds. The monoisotopic (exact) mass is 117 g/mol. The van der Waals surface area contributed by atoms with Gasteiger partial charge in [0, 0.05) is 6.54 Å². The maximum atomic E-state index is 9.72. The number of carbonyl (C=O) groups is 2. The molecule has 0 fully saturated rings. The number of aliphatic carboxylic acids is 1. The van der Waals surface area contributed by atoms with Crippen LogP contribution in [0.5, 0.6) is 0 Å². The van der Waals surface area contributed by atoms with Gasteiger partial charge in [-0.25, -0.2) is 0 Å². The number of nitrogens with one attached hydrogen (secondary N) is 1. The molecule has 46 valence electrons. The first kappa shape index (κ1) is 6.94. The van der Waals surface area contributed by atoms with Crippen LogP contribution in [0, 0.1) is 0 Å². The molecule has 0 aromatic rings. The fraction of sp³-hybridized carbons (Fsp3) is 0.500. The minimum absolute atomic E-state index is 0.0151. The van der Waals surface area contributed by atoms with Crippen LogP contribution >= 0.6 is 0 Å². The van der Waals surface area contributed by atoms with E-state index < -0.39 is 5.97 Å². The normalized spacial score (nSPS) is 8.00. The van der Waals surface area contributed by atoms with Gasteiger partial charge in [-0.05, 0) is 0 Å². The zero-order valence-corrected chi connectivity index (χ0v) is 4.26. The Morgan fingerprint density at radius 3 is 2.75 bits per heavy atom. The lowest BCUT2D eigenvalue weighted by molar-refractivity contribution is -0.136. The Morgan fingerprint density at radius 1 is 1.75 bits per heavy atom. The molecule has 4 nitrogen and oxygen atoms in total. The summed E-state index contributed by atoms with van der Waals surface area (Å²) in [6.07, 6.45) is 0.460. The van der Waals surface area contributed by atoms with Gasteiger partial charge in [-0.15, -0.1) is 0 Å².